The van der Waals surface area contributed by atoms with Gasteiger partial charge in [-0.25, -0.2) is 4.99 Å². The molecule has 0 aliphatic rings. The summed E-state index contributed by atoms with van der Waals surface area (Å²) in [6.07, 6.45) is 5.26. The second-order valence-electron chi connectivity index (χ2n) is 5.91. The van der Waals surface area contributed by atoms with E-state index in [-0.39, 0.29) is 11.9 Å². The lowest BCUT2D eigenvalue weighted by Gasteiger charge is -2.15. The molecule has 0 radical (unpaired) electrons. The summed E-state index contributed by atoms with van der Waals surface area (Å²) < 4.78 is 10.6. The SMILES string of the molecule is CC/C=C(\CC)C[C@H](C)C(=NC(N)=NCc1cccc(OC)c1)OC. The molecule has 1 atom stereocenters. The normalized spacial score (nSPS) is 14.4. The van der Waals surface area contributed by atoms with Crippen LogP contribution >= 0.6 is 0 Å². The van der Waals surface area contributed by atoms with Crippen LogP contribution in [0.1, 0.15) is 45.6 Å². The van der Waals surface area contributed by atoms with E-state index in [9.17, 15) is 0 Å². The maximum Gasteiger partial charge on any atom is 0.218 e. The van der Waals surface area contributed by atoms with Crippen molar-refractivity contribution in [1.82, 2.24) is 0 Å². The molecule has 138 valence electrons. The highest BCUT2D eigenvalue weighted by Crippen LogP contribution is 2.17. The first-order chi connectivity index (χ1) is 12.0. The van der Waals surface area contributed by atoms with Crippen molar-refractivity contribution in [3.05, 3.63) is 41.5 Å². The van der Waals surface area contributed by atoms with E-state index < -0.39 is 0 Å². The Bertz CT molecular complexity index is 621. The summed E-state index contributed by atoms with van der Waals surface area (Å²) in [6.45, 7) is 6.86. The predicted octanol–water partition coefficient (Wildman–Crippen LogP) is 4.33. The van der Waals surface area contributed by atoms with Gasteiger partial charge < -0.3 is 15.2 Å². The Labute approximate surface area is 151 Å². The van der Waals surface area contributed by atoms with Crippen LogP contribution in [0, 0.1) is 5.92 Å². The monoisotopic (exact) mass is 345 g/mol. The summed E-state index contributed by atoms with van der Waals surface area (Å²) in [4.78, 5) is 8.70. The average Bonchev–Trinajstić information content (AvgIpc) is 2.63. The second kappa shape index (κ2) is 11.3. The Balaban J connectivity index is 2.79. The van der Waals surface area contributed by atoms with Crippen molar-refractivity contribution >= 4 is 11.9 Å². The Kier molecular flexibility index (Phi) is 9.37. The third kappa shape index (κ3) is 7.42. The zero-order valence-corrected chi connectivity index (χ0v) is 16.1. The maximum absolute atomic E-state index is 5.96. The third-order valence-electron chi connectivity index (χ3n) is 3.93. The highest BCUT2D eigenvalue weighted by molar-refractivity contribution is 5.93. The van der Waals surface area contributed by atoms with Crippen molar-refractivity contribution in [1.29, 1.82) is 0 Å². The van der Waals surface area contributed by atoms with Gasteiger partial charge in [0, 0.05) is 5.92 Å². The fourth-order valence-electron chi connectivity index (χ4n) is 2.59. The number of ether oxygens (including phenoxy) is 2. The Morgan fingerprint density at radius 2 is 2.04 bits per heavy atom. The van der Waals surface area contributed by atoms with Crippen LogP contribution in [-0.2, 0) is 11.3 Å². The van der Waals surface area contributed by atoms with E-state index in [1.165, 1.54) is 5.57 Å². The van der Waals surface area contributed by atoms with E-state index in [0.717, 1.165) is 30.6 Å². The molecule has 0 aromatic heterocycles. The van der Waals surface area contributed by atoms with Gasteiger partial charge in [-0.2, -0.15) is 4.99 Å². The Morgan fingerprint density at radius 1 is 1.28 bits per heavy atom. The molecule has 0 bridgehead atoms. The quantitative estimate of drug-likeness (QED) is 0.433. The molecule has 1 rings (SSSR count). The molecular weight excluding hydrogens is 314 g/mol. The predicted molar refractivity (Wildman–Crippen MR) is 105 cm³/mol. The number of guanidine groups is 1. The van der Waals surface area contributed by atoms with Gasteiger partial charge in [-0.05, 0) is 37.0 Å². The molecule has 0 aliphatic heterocycles. The number of benzene rings is 1. The molecule has 1 aromatic carbocycles. The van der Waals surface area contributed by atoms with Crippen LogP contribution in [0.2, 0.25) is 0 Å². The molecular formula is C20H31N3O2. The van der Waals surface area contributed by atoms with Crippen LogP contribution < -0.4 is 10.5 Å². The van der Waals surface area contributed by atoms with Crippen LogP contribution in [0.4, 0.5) is 0 Å². The van der Waals surface area contributed by atoms with Crippen molar-refractivity contribution in [2.75, 3.05) is 14.2 Å². The topological polar surface area (TPSA) is 69.2 Å². The fourth-order valence-corrected chi connectivity index (χ4v) is 2.59. The first-order valence-electron chi connectivity index (χ1n) is 8.77. The summed E-state index contributed by atoms with van der Waals surface area (Å²) in [7, 11) is 3.27. The molecule has 0 saturated heterocycles. The summed E-state index contributed by atoms with van der Waals surface area (Å²) in [5, 5.41) is 0. The molecule has 0 spiro atoms. The molecule has 25 heavy (non-hydrogen) atoms. The van der Waals surface area contributed by atoms with Crippen molar-refractivity contribution in [2.24, 2.45) is 21.6 Å². The largest absolute Gasteiger partial charge is 0.497 e. The number of methoxy groups -OCH3 is 2. The average molecular weight is 345 g/mol. The summed E-state index contributed by atoms with van der Waals surface area (Å²) >= 11 is 0. The lowest BCUT2D eigenvalue weighted by Crippen LogP contribution is -2.20. The zero-order valence-electron chi connectivity index (χ0n) is 16.1. The van der Waals surface area contributed by atoms with Gasteiger partial charge in [0.1, 0.15) is 5.75 Å². The Morgan fingerprint density at radius 3 is 2.64 bits per heavy atom. The molecule has 0 fully saturated rings. The number of nitrogens with zero attached hydrogens (tertiary/aromatic N) is 2. The van der Waals surface area contributed by atoms with Gasteiger partial charge in [-0.3, -0.25) is 0 Å². The first kappa shape index (κ1) is 20.7. The fraction of sp³-hybridized carbons (Fsp3) is 0.500. The third-order valence-corrected chi connectivity index (χ3v) is 3.93. The smallest absolute Gasteiger partial charge is 0.218 e. The van der Waals surface area contributed by atoms with Crippen LogP contribution in [0.15, 0.2) is 45.9 Å². The molecule has 0 amide bonds. The molecule has 1 aromatic rings. The molecule has 0 heterocycles. The lowest BCUT2D eigenvalue weighted by atomic mass is 9.98. The number of allylic oxidation sites excluding steroid dienone is 2. The highest BCUT2D eigenvalue weighted by Gasteiger charge is 2.13. The van der Waals surface area contributed by atoms with Gasteiger partial charge in [0.15, 0.2) is 5.90 Å². The summed E-state index contributed by atoms with van der Waals surface area (Å²) in [6, 6.07) is 7.74. The van der Waals surface area contributed by atoms with Gasteiger partial charge in [-0.1, -0.05) is 44.6 Å². The number of rotatable bonds is 8. The van der Waals surface area contributed by atoms with Crippen LogP contribution in [-0.4, -0.2) is 26.1 Å². The van der Waals surface area contributed by atoms with E-state index >= 15 is 0 Å². The zero-order chi connectivity index (χ0) is 18.7. The van der Waals surface area contributed by atoms with Gasteiger partial charge in [0.25, 0.3) is 0 Å². The molecule has 5 nitrogen and oxygen atoms in total. The summed E-state index contributed by atoms with van der Waals surface area (Å²) in [5.74, 6) is 1.80. The molecule has 0 unspecified atom stereocenters. The standard InChI is InChI=1S/C20H31N3O2/c1-6-9-16(7-2)12-15(3)19(25-5)23-20(21)22-14-17-10-8-11-18(13-17)24-4/h8-11,13,15H,6-7,12,14H2,1-5H3,(H2,21,22)/b16-9+,23-19?/t15-/m0/s1. The van der Waals surface area contributed by atoms with Crippen molar-refractivity contribution in [2.45, 2.75) is 46.6 Å². The Hall–Kier alpha value is -2.30. The van der Waals surface area contributed by atoms with Crippen molar-refractivity contribution in [3.8, 4) is 5.75 Å². The van der Waals surface area contributed by atoms with Crippen molar-refractivity contribution < 1.29 is 9.47 Å². The summed E-state index contributed by atoms with van der Waals surface area (Å²) in [5.41, 5.74) is 8.39. The highest BCUT2D eigenvalue weighted by atomic mass is 16.5. The van der Waals surface area contributed by atoms with Crippen LogP contribution in [0.25, 0.3) is 0 Å². The first-order valence-corrected chi connectivity index (χ1v) is 8.77. The molecule has 5 heteroatoms. The minimum atomic E-state index is 0.160. The number of hydrogen-bond acceptors (Lipinski definition) is 3. The lowest BCUT2D eigenvalue weighted by molar-refractivity contribution is 0.369. The van der Waals surface area contributed by atoms with Gasteiger partial charge >= 0.3 is 0 Å². The van der Waals surface area contributed by atoms with Crippen molar-refractivity contribution in [3.63, 3.8) is 0 Å². The second-order valence-corrected chi connectivity index (χ2v) is 5.91. The molecule has 0 aliphatic carbocycles. The maximum atomic E-state index is 5.96. The molecule has 2 N–H and O–H groups in total. The number of hydrogen-bond donors (Lipinski definition) is 1. The number of aliphatic imine (C=N–C) groups is 2. The van der Waals surface area contributed by atoms with E-state index in [1.807, 2.05) is 24.3 Å². The van der Waals surface area contributed by atoms with Gasteiger partial charge in [-0.15, -0.1) is 0 Å². The molecule has 0 saturated carbocycles. The number of nitrogens with two attached hydrogens (primary N) is 1. The van der Waals surface area contributed by atoms with Gasteiger partial charge in [0.2, 0.25) is 5.96 Å². The van der Waals surface area contributed by atoms with Crippen LogP contribution in [0.3, 0.4) is 0 Å². The van der Waals surface area contributed by atoms with E-state index in [0.29, 0.717) is 12.4 Å². The van der Waals surface area contributed by atoms with Gasteiger partial charge in [0.05, 0.1) is 20.8 Å². The minimum absolute atomic E-state index is 0.160. The van der Waals surface area contributed by atoms with Crippen LogP contribution in [0.5, 0.6) is 5.75 Å². The van der Waals surface area contributed by atoms with E-state index in [2.05, 4.69) is 36.8 Å². The van der Waals surface area contributed by atoms with E-state index in [4.69, 9.17) is 15.2 Å². The minimum Gasteiger partial charge on any atom is -0.497 e. The van der Waals surface area contributed by atoms with E-state index in [1.54, 1.807) is 14.2 Å².